The molecule has 2 N–H and O–H groups in total. The number of fused-ring (bicyclic) bond motifs is 1. The quantitative estimate of drug-likeness (QED) is 0.854. The standard InChI is InChI=1S/C13H16N4O2/c1-3-13(2,11(18)19)8-14-12-15-9-6-4-5-7-10(9)16-17-12/h4-7H,3,8H2,1-2H3,(H,18,19)(H,14,15,17). The van der Waals surface area contributed by atoms with E-state index in [4.69, 9.17) is 0 Å². The van der Waals surface area contributed by atoms with Crippen LogP contribution in [0.25, 0.3) is 11.0 Å². The van der Waals surface area contributed by atoms with Crippen molar-refractivity contribution in [2.75, 3.05) is 11.9 Å². The number of nitrogens with one attached hydrogen (secondary N) is 1. The number of hydrogen-bond acceptors (Lipinski definition) is 5. The summed E-state index contributed by atoms with van der Waals surface area (Å²) in [6, 6.07) is 7.40. The summed E-state index contributed by atoms with van der Waals surface area (Å²) >= 11 is 0. The molecule has 0 bridgehead atoms. The van der Waals surface area contributed by atoms with Crippen LogP contribution in [0.5, 0.6) is 0 Å². The van der Waals surface area contributed by atoms with Crippen LogP contribution in [0.15, 0.2) is 24.3 Å². The van der Waals surface area contributed by atoms with Crippen LogP contribution in [0, 0.1) is 5.41 Å². The van der Waals surface area contributed by atoms with Gasteiger partial charge in [0, 0.05) is 6.54 Å². The van der Waals surface area contributed by atoms with Gasteiger partial charge >= 0.3 is 5.97 Å². The first-order valence-corrected chi connectivity index (χ1v) is 6.12. The van der Waals surface area contributed by atoms with Crippen molar-refractivity contribution in [1.82, 2.24) is 15.2 Å². The zero-order valence-electron chi connectivity index (χ0n) is 10.9. The maximum absolute atomic E-state index is 11.2. The summed E-state index contributed by atoms with van der Waals surface area (Å²) in [5.74, 6) is -0.490. The van der Waals surface area contributed by atoms with Gasteiger partial charge in [0.05, 0.1) is 10.9 Å². The van der Waals surface area contributed by atoms with Crippen LogP contribution < -0.4 is 5.32 Å². The van der Waals surface area contributed by atoms with Gasteiger partial charge in [-0.2, -0.15) is 0 Å². The number of anilines is 1. The van der Waals surface area contributed by atoms with Crippen molar-refractivity contribution in [2.45, 2.75) is 20.3 Å². The third kappa shape index (κ3) is 2.78. The Morgan fingerprint density at radius 3 is 2.63 bits per heavy atom. The zero-order chi connectivity index (χ0) is 13.9. The van der Waals surface area contributed by atoms with E-state index in [2.05, 4.69) is 20.5 Å². The molecule has 6 heteroatoms. The van der Waals surface area contributed by atoms with Crippen LogP contribution in [0.1, 0.15) is 20.3 Å². The largest absolute Gasteiger partial charge is 0.481 e. The van der Waals surface area contributed by atoms with E-state index in [0.717, 1.165) is 5.52 Å². The maximum Gasteiger partial charge on any atom is 0.311 e. The normalized spacial score (nSPS) is 14.0. The fourth-order valence-corrected chi connectivity index (χ4v) is 1.58. The number of carboxylic acid groups (broad SMARTS) is 1. The van der Waals surface area contributed by atoms with E-state index < -0.39 is 11.4 Å². The van der Waals surface area contributed by atoms with Gasteiger partial charge in [-0.15, -0.1) is 10.2 Å². The zero-order valence-corrected chi connectivity index (χ0v) is 10.9. The minimum atomic E-state index is -0.838. The Morgan fingerprint density at radius 1 is 1.32 bits per heavy atom. The molecule has 6 nitrogen and oxygen atoms in total. The second-order valence-electron chi connectivity index (χ2n) is 4.70. The Bertz CT molecular complexity index is 602. The molecule has 1 atom stereocenters. The van der Waals surface area contributed by atoms with Crippen molar-refractivity contribution in [3.63, 3.8) is 0 Å². The number of aliphatic carboxylic acids is 1. The Labute approximate surface area is 110 Å². The van der Waals surface area contributed by atoms with Crippen LogP contribution in [-0.4, -0.2) is 32.8 Å². The van der Waals surface area contributed by atoms with Gasteiger partial charge in [0.1, 0.15) is 5.52 Å². The third-order valence-electron chi connectivity index (χ3n) is 3.29. The monoisotopic (exact) mass is 260 g/mol. The molecule has 100 valence electrons. The fourth-order valence-electron chi connectivity index (χ4n) is 1.58. The molecule has 0 spiro atoms. The first kappa shape index (κ1) is 13.2. The number of carboxylic acids is 1. The summed E-state index contributed by atoms with van der Waals surface area (Å²) in [6.07, 6.45) is 0.524. The lowest BCUT2D eigenvalue weighted by Gasteiger charge is -2.22. The van der Waals surface area contributed by atoms with Crippen molar-refractivity contribution < 1.29 is 9.90 Å². The van der Waals surface area contributed by atoms with Crippen molar-refractivity contribution in [3.05, 3.63) is 24.3 Å². The molecule has 19 heavy (non-hydrogen) atoms. The number of hydrogen-bond donors (Lipinski definition) is 2. The topological polar surface area (TPSA) is 88.0 Å². The van der Waals surface area contributed by atoms with E-state index in [0.29, 0.717) is 17.9 Å². The third-order valence-corrected chi connectivity index (χ3v) is 3.29. The van der Waals surface area contributed by atoms with E-state index in [1.54, 1.807) is 6.92 Å². The van der Waals surface area contributed by atoms with Gasteiger partial charge in [-0.25, -0.2) is 4.98 Å². The number of rotatable bonds is 5. The fraction of sp³-hybridized carbons (Fsp3) is 0.385. The first-order valence-electron chi connectivity index (χ1n) is 6.12. The Hall–Kier alpha value is -2.24. The summed E-state index contributed by atoms with van der Waals surface area (Å²) in [4.78, 5) is 15.5. The van der Waals surface area contributed by atoms with Crippen LogP contribution >= 0.6 is 0 Å². The summed E-state index contributed by atoms with van der Waals surface area (Å²) in [6.45, 7) is 3.80. The van der Waals surface area contributed by atoms with E-state index in [-0.39, 0.29) is 6.54 Å². The van der Waals surface area contributed by atoms with E-state index in [1.165, 1.54) is 0 Å². The summed E-state index contributed by atoms with van der Waals surface area (Å²) in [5.41, 5.74) is 0.604. The molecule has 0 aliphatic rings. The van der Waals surface area contributed by atoms with Crippen molar-refractivity contribution in [2.24, 2.45) is 5.41 Å². The predicted octanol–water partition coefficient (Wildman–Crippen LogP) is 1.94. The number of aromatic nitrogens is 3. The highest BCUT2D eigenvalue weighted by atomic mass is 16.4. The lowest BCUT2D eigenvalue weighted by molar-refractivity contribution is -0.147. The van der Waals surface area contributed by atoms with Crippen LogP contribution in [-0.2, 0) is 4.79 Å². The molecule has 0 radical (unpaired) electrons. The summed E-state index contributed by atoms with van der Waals surface area (Å²) < 4.78 is 0. The van der Waals surface area contributed by atoms with Gasteiger partial charge in [-0.1, -0.05) is 19.1 Å². The van der Waals surface area contributed by atoms with Crippen LogP contribution in [0.2, 0.25) is 0 Å². The molecule has 1 aromatic heterocycles. The van der Waals surface area contributed by atoms with Gasteiger partial charge in [-0.3, -0.25) is 4.79 Å². The highest BCUT2D eigenvalue weighted by Crippen LogP contribution is 2.21. The highest BCUT2D eigenvalue weighted by molar-refractivity contribution is 5.75. The Balaban J connectivity index is 2.15. The van der Waals surface area contributed by atoms with Gasteiger partial charge in [0.15, 0.2) is 0 Å². The van der Waals surface area contributed by atoms with Crippen molar-refractivity contribution >= 4 is 23.0 Å². The lowest BCUT2D eigenvalue weighted by atomic mass is 9.88. The number of nitrogens with zero attached hydrogens (tertiary/aromatic N) is 3. The maximum atomic E-state index is 11.2. The number of carbonyl (C=O) groups is 1. The van der Waals surface area contributed by atoms with E-state index in [1.807, 2.05) is 31.2 Å². The molecule has 0 saturated heterocycles. The Kier molecular flexibility index (Phi) is 3.59. The molecule has 2 rings (SSSR count). The lowest BCUT2D eigenvalue weighted by Crippen LogP contribution is -2.34. The average molecular weight is 260 g/mol. The van der Waals surface area contributed by atoms with Gasteiger partial charge in [-0.05, 0) is 25.5 Å². The molecule has 2 aromatic rings. The van der Waals surface area contributed by atoms with Crippen LogP contribution in [0.3, 0.4) is 0 Å². The van der Waals surface area contributed by atoms with Gasteiger partial charge in [0.25, 0.3) is 0 Å². The second-order valence-corrected chi connectivity index (χ2v) is 4.70. The minimum Gasteiger partial charge on any atom is -0.481 e. The Morgan fingerprint density at radius 2 is 2.00 bits per heavy atom. The molecule has 0 aliphatic heterocycles. The smallest absolute Gasteiger partial charge is 0.311 e. The van der Waals surface area contributed by atoms with Crippen LogP contribution in [0.4, 0.5) is 5.95 Å². The first-order chi connectivity index (χ1) is 9.05. The summed E-state index contributed by atoms with van der Waals surface area (Å²) in [5, 5.41) is 20.1. The van der Waals surface area contributed by atoms with Gasteiger partial charge in [0.2, 0.25) is 5.95 Å². The molecule has 1 heterocycles. The predicted molar refractivity (Wildman–Crippen MR) is 71.9 cm³/mol. The van der Waals surface area contributed by atoms with Gasteiger partial charge < -0.3 is 10.4 Å². The number of benzene rings is 1. The molecule has 1 unspecified atom stereocenters. The highest BCUT2D eigenvalue weighted by Gasteiger charge is 2.31. The van der Waals surface area contributed by atoms with E-state index in [9.17, 15) is 9.90 Å². The average Bonchev–Trinajstić information content (AvgIpc) is 2.44. The number of para-hydroxylation sites is 1. The SMILES string of the molecule is CCC(C)(CNc1nnc2ccccc2n1)C(=O)O. The van der Waals surface area contributed by atoms with Crippen molar-refractivity contribution in [1.29, 1.82) is 0 Å². The molecular weight excluding hydrogens is 244 g/mol. The minimum absolute atomic E-state index is 0.263. The molecule has 0 amide bonds. The molecule has 1 aromatic carbocycles. The molecule has 0 fully saturated rings. The second kappa shape index (κ2) is 5.17. The van der Waals surface area contributed by atoms with Crippen molar-refractivity contribution in [3.8, 4) is 0 Å². The van der Waals surface area contributed by atoms with E-state index >= 15 is 0 Å². The molecule has 0 aliphatic carbocycles. The summed E-state index contributed by atoms with van der Waals surface area (Å²) in [7, 11) is 0. The molecule has 0 saturated carbocycles. The molecular formula is C13H16N4O2.